The first-order valence-electron chi connectivity index (χ1n) is 11.9. The van der Waals surface area contributed by atoms with Gasteiger partial charge in [0.05, 0.1) is 0 Å². The van der Waals surface area contributed by atoms with Gasteiger partial charge < -0.3 is 16.0 Å². The summed E-state index contributed by atoms with van der Waals surface area (Å²) in [4.78, 5) is 30.2. The van der Waals surface area contributed by atoms with Crippen molar-refractivity contribution in [3.63, 3.8) is 0 Å². The van der Waals surface area contributed by atoms with Crippen LogP contribution < -0.4 is 16.0 Å². The van der Waals surface area contributed by atoms with Crippen LogP contribution in [0.15, 0.2) is 85.6 Å². The summed E-state index contributed by atoms with van der Waals surface area (Å²) in [6.07, 6.45) is 6.66. The zero-order valence-electron chi connectivity index (χ0n) is 20.8. The van der Waals surface area contributed by atoms with Crippen LogP contribution in [0.5, 0.6) is 0 Å². The Balaban J connectivity index is 1.35. The van der Waals surface area contributed by atoms with Crippen LogP contribution in [0, 0.1) is 13.8 Å². The highest BCUT2D eigenvalue weighted by atomic mass is 19.1. The molecule has 0 radical (unpaired) electrons. The van der Waals surface area contributed by atoms with Crippen molar-refractivity contribution < 1.29 is 9.18 Å². The lowest BCUT2D eigenvalue weighted by Crippen LogP contribution is -2.12. The van der Waals surface area contributed by atoms with Crippen molar-refractivity contribution in [2.24, 2.45) is 0 Å². The first-order valence-corrected chi connectivity index (χ1v) is 11.9. The maximum Gasteiger partial charge on any atom is 0.255 e. The Morgan fingerprint density at radius 3 is 2.61 bits per heavy atom. The van der Waals surface area contributed by atoms with Crippen molar-refractivity contribution in [1.82, 2.24) is 24.5 Å². The van der Waals surface area contributed by atoms with Crippen LogP contribution >= 0.6 is 0 Å². The summed E-state index contributed by atoms with van der Waals surface area (Å²) in [6.45, 7) is 3.32. The van der Waals surface area contributed by atoms with E-state index in [9.17, 15) is 9.18 Å². The Kier molecular flexibility index (Phi) is 7.03. The average Bonchev–Trinajstić information content (AvgIpc) is 3.39. The van der Waals surface area contributed by atoms with E-state index in [4.69, 9.17) is 0 Å². The van der Waals surface area contributed by atoms with Gasteiger partial charge in [-0.2, -0.15) is 0 Å². The molecule has 0 bridgehead atoms. The SMILES string of the molecule is Cc1ccnc(Nc2cc(-n3ccnc3Nc3cc(NC(=O)c4cccc(CF)c4)ccc3C)ncn2)c1. The zero-order chi connectivity index (χ0) is 26.5. The lowest BCUT2D eigenvalue weighted by Gasteiger charge is -2.14. The Morgan fingerprint density at radius 2 is 1.76 bits per heavy atom. The van der Waals surface area contributed by atoms with E-state index in [0.29, 0.717) is 40.2 Å². The largest absolute Gasteiger partial charge is 0.325 e. The number of anilines is 5. The van der Waals surface area contributed by atoms with Crippen molar-refractivity contribution in [3.05, 3.63) is 108 Å². The Bertz CT molecular complexity index is 1600. The molecule has 0 fully saturated rings. The standard InChI is InChI=1S/C28H25FN8O/c1-18-8-9-30-24(12-18)36-25-15-26(33-17-32-25)37-11-10-31-28(37)35-23-14-22(7-6-19(23)2)34-27(38)21-5-3-4-20(13-21)16-29/h3-15,17H,16H2,1-2H3,(H,31,35)(H,34,38)(H,30,32,33,36). The quantitative estimate of drug-likeness (QED) is 0.240. The number of nitrogens with zero attached hydrogens (tertiary/aromatic N) is 5. The second-order valence-corrected chi connectivity index (χ2v) is 8.67. The van der Waals surface area contributed by atoms with E-state index < -0.39 is 6.67 Å². The Morgan fingerprint density at radius 1 is 0.895 bits per heavy atom. The van der Waals surface area contributed by atoms with Crippen LogP contribution in [-0.4, -0.2) is 30.4 Å². The molecule has 2 aromatic carbocycles. The number of aryl methyl sites for hydroxylation is 2. The Hall–Kier alpha value is -5.12. The molecule has 3 heterocycles. The Labute approximate surface area is 218 Å². The molecule has 5 aromatic rings. The van der Waals surface area contributed by atoms with E-state index in [1.54, 1.807) is 53.5 Å². The number of pyridine rings is 1. The summed E-state index contributed by atoms with van der Waals surface area (Å²) >= 11 is 0. The number of amides is 1. The van der Waals surface area contributed by atoms with Gasteiger partial charge in [-0.15, -0.1) is 0 Å². The predicted molar refractivity (Wildman–Crippen MR) is 145 cm³/mol. The van der Waals surface area contributed by atoms with E-state index in [1.807, 2.05) is 44.2 Å². The number of hydrogen-bond donors (Lipinski definition) is 3. The van der Waals surface area contributed by atoms with Gasteiger partial charge in [-0.1, -0.05) is 18.2 Å². The number of halogens is 1. The minimum absolute atomic E-state index is 0.319. The van der Waals surface area contributed by atoms with Gasteiger partial charge >= 0.3 is 0 Å². The van der Waals surface area contributed by atoms with Crippen molar-refractivity contribution >= 4 is 34.9 Å². The molecule has 9 nitrogen and oxygen atoms in total. The molecule has 5 rings (SSSR count). The van der Waals surface area contributed by atoms with Crippen LogP contribution in [0.1, 0.15) is 27.0 Å². The highest BCUT2D eigenvalue weighted by Gasteiger charge is 2.12. The molecule has 0 atom stereocenters. The maximum atomic E-state index is 13.0. The van der Waals surface area contributed by atoms with Crippen molar-refractivity contribution in [2.45, 2.75) is 20.5 Å². The molecule has 0 spiro atoms. The molecule has 0 saturated heterocycles. The lowest BCUT2D eigenvalue weighted by atomic mass is 10.1. The van der Waals surface area contributed by atoms with Crippen LogP contribution in [0.25, 0.3) is 5.82 Å². The number of alkyl halides is 1. The summed E-state index contributed by atoms with van der Waals surface area (Å²) in [6, 6.07) is 17.7. The average molecular weight is 509 g/mol. The third-order valence-corrected chi connectivity index (χ3v) is 5.80. The fourth-order valence-corrected chi connectivity index (χ4v) is 3.82. The smallest absolute Gasteiger partial charge is 0.255 e. The summed E-state index contributed by atoms with van der Waals surface area (Å²) in [5.41, 5.74) is 4.22. The van der Waals surface area contributed by atoms with Crippen LogP contribution in [0.3, 0.4) is 0 Å². The fraction of sp³-hybridized carbons (Fsp3) is 0.107. The van der Waals surface area contributed by atoms with Gasteiger partial charge in [0.1, 0.15) is 30.5 Å². The third kappa shape index (κ3) is 5.65. The van der Waals surface area contributed by atoms with Crippen molar-refractivity contribution in [1.29, 1.82) is 0 Å². The topological polar surface area (TPSA) is 110 Å². The van der Waals surface area contributed by atoms with Gasteiger partial charge in [-0.3, -0.25) is 9.36 Å². The van der Waals surface area contributed by atoms with Gasteiger partial charge in [0.15, 0.2) is 0 Å². The molecule has 0 saturated carbocycles. The summed E-state index contributed by atoms with van der Waals surface area (Å²) in [5.74, 6) is 2.09. The number of carbonyl (C=O) groups is 1. The molecule has 0 aliphatic carbocycles. The number of nitrogens with one attached hydrogen (secondary N) is 3. The molecule has 10 heteroatoms. The monoisotopic (exact) mass is 508 g/mol. The predicted octanol–water partition coefficient (Wildman–Crippen LogP) is 5.88. The molecule has 190 valence electrons. The van der Waals surface area contributed by atoms with E-state index in [-0.39, 0.29) is 5.91 Å². The van der Waals surface area contributed by atoms with Gasteiger partial charge in [0.2, 0.25) is 5.95 Å². The van der Waals surface area contributed by atoms with E-state index in [1.165, 1.54) is 6.33 Å². The molecule has 0 aliphatic rings. The van der Waals surface area contributed by atoms with Crippen LogP contribution in [0.2, 0.25) is 0 Å². The molecule has 38 heavy (non-hydrogen) atoms. The zero-order valence-corrected chi connectivity index (χ0v) is 20.8. The minimum Gasteiger partial charge on any atom is -0.325 e. The number of carbonyl (C=O) groups excluding carboxylic acids is 1. The first-order chi connectivity index (χ1) is 18.5. The highest BCUT2D eigenvalue weighted by molar-refractivity contribution is 6.04. The second-order valence-electron chi connectivity index (χ2n) is 8.67. The van der Waals surface area contributed by atoms with E-state index >= 15 is 0 Å². The van der Waals surface area contributed by atoms with E-state index in [2.05, 4.69) is 35.9 Å². The van der Waals surface area contributed by atoms with Gasteiger partial charge in [-0.25, -0.2) is 24.3 Å². The lowest BCUT2D eigenvalue weighted by molar-refractivity contribution is 0.102. The molecule has 3 aromatic heterocycles. The van der Waals surface area contributed by atoms with Gasteiger partial charge in [0.25, 0.3) is 5.91 Å². The van der Waals surface area contributed by atoms with Gasteiger partial charge in [0, 0.05) is 41.6 Å². The van der Waals surface area contributed by atoms with Crippen molar-refractivity contribution in [2.75, 3.05) is 16.0 Å². The normalized spacial score (nSPS) is 10.7. The number of imidazole rings is 1. The summed E-state index contributed by atoms with van der Waals surface area (Å²) in [5, 5.41) is 9.39. The minimum atomic E-state index is -0.626. The second kappa shape index (κ2) is 10.9. The molecular weight excluding hydrogens is 483 g/mol. The maximum absolute atomic E-state index is 13.0. The number of benzene rings is 2. The molecular formula is C28H25FN8O. The number of rotatable bonds is 8. The number of hydrogen-bond acceptors (Lipinski definition) is 7. The molecule has 1 amide bonds. The van der Waals surface area contributed by atoms with E-state index in [0.717, 1.165) is 16.8 Å². The van der Waals surface area contributed by atoms with Crippen LogP contribution in [0.4, 0.5) is 33.3 Å². The third-order valence-electron chi connectivity index (χ3n) is 5.80. The summed E-state index contributed by atoms with van der Waals surface area (Å²) in [7, 11) is 0. The number of aromatic nitrogens is 5. The van der Waals surface area contributed by atoms with Gasteiger partial charge in [-0.05, 0) is 66.9 Å². The molecule has 0 aliphatic heterocycles. The fourth-order valence-electron chi connectivity index (χ4n) is 3.82. The highest BCUT2D eigenvalue weighted by Crippen LogP contribution is 2.26. The molecule has 3 N–H and O–H groups in total. The van der Waals surface area contributed by atoms with Crippen LogP contribution in [-0.2, 0) is 6.67 Å². The molecule has 0 unspecified atom stereocenters. The summed E-state index contributed by atoms with van der Waals surface area (Å²) < 4.78 is 14.8. The first kappa shape index (κ1) is 24.6. The van der Waals surface area contributed by atoms with Crippen molar-refractivity contribution in [3.8, 4) is 5.82 Å².